The maximum atomic E-state index is 12.9. The highest BCUT2D eigenvalue weighted by Crippen LogP contribution is 2.24. The fourth-order valence-corrected chi connectivity index (χ4v) is 3.99. The molecule has 2 aliphatic rings. The Kier molecular flexibility index (Phi) is 5.92. The minimum absolute atomic E-state index is 0.0922. The lowest BCUT2D eigenvalue weighted by molar-refractivity contribution is 0.0301. The number of hydrogen-bond donors (Lipinski definition) is 1. The first-order valence-corrected chi connectivity index (χ1v) is 10.00. The Bertz CT molecular complexity index is 814. The summed E-state index contributed by atoms with van der Waals surface area (Å²) in [5, 5.41) is 8.02. The minimum atomic E-state index is 0.0922. The van der Waals surface area contributed by atoms with Crippen molar-refractivity contribution in [3.63, 3.8) is 0 Å². The van der Waals surface area contributed by atoms with Crippen LogP contribution >= 0.6 is 0 Å². The van der Waals surface area contributed by atoms with Gasteiger partial charge < -0.3 is 19.7 Å². The molecule has 0 radical (unpaired) electrons. The first-order chi connectivity index (χ1) is 13.7. The standard InChI is InChI=1S/C21H28N4O3/c1-27-18-4-2-3-16(11-18)13-22-14-17-5-6-25-20(12-17)19(15-23-25)21(26)24-7-9-28-10-8-24/h2-4,11,15,17,22H,5-10,12-14H2,1H3/t17-/m0/s1. The second-order valence-corrected chi connectivity index (χ2v) is 7.47. The number of ether oxygens (including phenoxy) is 2. The predicted molar refractivity (Wildman–Crippen MR) is 105 cm³/mol. The zero-order valence-corrected chi connectivity index (χ0v) is 16.4. The van der Waals surface area contributed by atoms with Crippen molar-refractivity contribution in [3.05, 3.63) is 47.3 Å². The Balaban J connectivity index is 1.35. The highest BCUT2D eigenvalue weighted by molar-refractivity contribution is 5.95. The van der Waals surface area contributed by atoms with E-state index in [0.29, 0.717) is 32.2 Å². The Morgan fingerprint density at radius 3 is 3.00 bits per heavy atom. The summed E-state index contributed by atoms with van der Waals surface area (Å²) in [6, 6.07) is 8.13. The van der Waals surface area contributed by atoms with Crippen LogP contribution in [0.2, 0.25) is 0 Å². The molecule has 1 aromatic heterocycles. The lowest BCUT2D eigenvalue weighted by Crippen LogP contribution is -2.41. The monoisotopic (exact) mass is 384 g/mol. The molecule has 3 heterocycles. The molecule has 1 N–H and O–H groups in total. The van der Waals surface area contributed by atoms with E-state index in [-0.39, 0.29) is 5.91 Å². The zero-order valence-electron chi connectivity index (χ0n) is 16.4. The maximum Gasteiger partial charge on any atom is 0.257 e. The smallest absolute Gasteiger partial charge is 0.257 e. The summed E-state index contributed by atoms with van der Waals surface area (Å²) >= 11 is 0. The molecule has 0 saturated carbocycles. The van der Waals surface area contributed by atoms with Crippen molar-refractivity contribution in [2.24, 2.45) is 5.92 Å². The summed E-state index contributed by atoms with van der Waals surface area (Å²) in [6.07, 6.45) is 3.71. The first-order valence-electron chi connectivity index (χ1n) is 10.00. The third-order valence-electron chi connectivity index (χ3n) is 5.60. The Hall–Kier alpha value is -2.38. The Labute approximate surface area is 165 Å². The fourth-order valence-electron chi connectivity index (χ4n) is 3.99. The van der Waals surface area contributed by atoms with Gasteiger partial charge in [0.2, 0.25) is 0 Å². The van der Waals surface area contributed by atoms with Gasteiger partial charge in [-0.15, -0.1) is 0 Å². The number of rotatable bonds is 6. The number of nitrogens with one attached hydrogen (secondary N) is 1. The molecule has 7 nitrogen and oxygen atoms in total. The van der Waals surface area contributed by atoms with Crippen LogP contribution in [0.3, 0.4) is 0 Å². The van der Waals surface area contributed by atoms with Crippen molar-refractivity contribution in [1.82, 2.24) is 20.0 Å². The molecular formula is C21H28N4O3. The van der Waals surface area contributed by atoms with E-state index in [1.807, 2.05) is 21.7 Å². The van der Waals surface area contributed by atoms with Crippen LogP contribution in [0.1, 0.15) is 28.0 Å². The number of hydrogen-bond acceptors (Lipinski definition) is 5. The second kappa shape index (κ2) is 8.75. The molecule has 2 aromatic rings. The molecule has 1 atom stereocenters. The summed E-state index contributed by atoms with van der Waals surface area (Å²) in [4.78, 5) is 14.8. The van der Waals surface area contributed by atoms with Crippen molar-refractivity contribution in [3.8, 4) is 5.75 Å². The number of morpholine rings is 1. The Morgan fingerprint density at radius 2 is 2.18 bits per heavy atom. The van der Waals surface area contributed by atoms with Gasteiger partial charge in [-0.1, -0.05) is 12.1 Å². The van der Waals surface area contributed by atoms with Crippen LogP contribution in [-0.4, -0.2) is 60.5 Å². The van der Waals surface area contributed by atoms with E-state index >= 15 is 0 Å². The Morgan fingerprint density at radius 1 is 1.32 bits per heavy atom. The lowest BCUT2D eigenvalue weighted by atomic mass is 9.94. The number of carbonyl (C=O) groups excluding carboxylic acids is 1. The molecule has 0 spiro atoms. The van der Waals surface area contributed by atoms with E-state index in [2.05, 4.69) is 22.5 Å². The van der Waals surface area contributed by atoms with Crippen LogP contribution in [0.15, 0.2) is 30.5 Å². The summed E-state index contributed by atoms with van der Waals surface area (Å²) in [5.74, 6) is 1.48. The first kappa shape index (κ1) is 19.0. The third kappa shape index (κ3) is 4.20. The molecule has 0 unspecified atom stereocenters. The predicted octanol–water partition coefficient (Wildman–Crippen LogP) is 1.72. The second-order valence-electron chi connectivity index (χ2n) is 7.47. The number of aromatic nitrogens is 2. The molecule has 28 heavy (non-hydrogen) atoms. The molecule has 1 fully saturated rings. The number of amides is 1. The number of carbonyl (C=O) groups is 1. The molecule has 4 rings (SSSR count). The lowest BCUT2D eigenvalue weighted by Gasteiger charge is -2.28. The van der Waals surface area contributed by atoms with Crippen LogP contribution in [0.25, 0.3) is 0 Å². The van der Waals surface area contributed by atoms with Crippen LogP contribution in [-0.2, 0) is 24.2 Å². The van der Waals surface area contributed by atoms with Gasteiger partial charge in [0.1, 0.15) is 5.75 Å². The summed E-state index contributed by atoms with van der Waals surface area (Å²) in [7, 11) is 1.69. The SMILES string of the molecule is COc1cccc(CNC[C@H]2CCn3ncc(C(=O)N4CCOCC4)c3C2)c1. The average molecular weight is 384 g/mol. The zero-order chi connectivity index (χ0) is 19.3. The topological polar surface area (TPSA) is 68.6 Å². The highest BCUT2D eigenvalue weighted by Gasteiger charge is 2.28. The van der Waals surface area contributed by atoms with Gasteiger partial charge in [0, 0.05) is 26.2 Å². The van der Waals surface area contributed by atoms with Crippen molar-refractivity contribution >= 4 is 5.91 Å². The van der Waals surface area contributed by atoms with Gasteiger partial charge in [0.05, 0.1) is 37.8 Å². The van der Waals surface area contributed by atoms with E-state index in [1.165, 1.54) is 5.56 Å². The van der Waals surface area contributed by atoms with E-state index < -0.39 is 0 Å². The third-order valence-corrected chi connectivity index (χ3v) is 5.60. The number of nitrogens with zero attached hydrogens (tertiary/aromatic N) is 3. The van der Waals surface area contributed by atoms with Gasteiger partial charge in [0.25, 0.3) is 5.91 Å². The van der Waals surface area contributed by atoms with Gasteiger partial charge in [-0.2, -0.15) is 5.10 Å². The van der Waals surface area contributed by atoms with Crippen LogP contribution < -0.4 is 10.1 Å². The average Bonchev–Trinajstić information content (AvgIpc) is 3.17. The van der Waals surface area contributed by atoms with Gasteiger partial charge in [-0.3, -0.25) is 9.48 Å². The van der Waals surface area contributed by atoms with Crippen molar-refractivity contribution in [2.75, 3.05) is 40.0 Å². The number of aryl methyl sites for hydroxylation is 1. The molecular weight excluding hydrogens is 356 g/mol. The molecule has 150 valence electrons. The van der Waals surface area contributed by atoms with Gasteiger partial charge in [-0.25, -0.2) is 0 Å². The normalized spacial score (nSPS) is 19.3. The van der Waals surface area contributed by atoms with Gasteiger partial charge in [0.15, 0.2) is 0 Å². The van der Waals surface area contributed by atoms with Crippen molar-refractivity contribution in [2.45, 2.75) is 25.9 Å². The molecule has 7 heteroatoms. The van der Waals surface area contributed by atoms with Crippen molar-refractivity contribution in [1.29, 1.82) is 0 Å². The fraction of sp³-hybridized carbons (Fsp3) is 0.524. The van der Waals surface area contributed by atoms with Crippen LogP contribution in [0, 0.1) is 5.92 Å². The highest BCUT2D eigenvalue weighted by atomic mass is 16.5. The molecule has 1 saturated heterocycles. The largest absolute Gasteiger partial charge is 0.497 e. The maximum absolute atomic E-state index is 12.9. The van der Waals surface area contributed by atoms with Gasteiger partial charge >= 0.3 is 0 Å². The van der Waals surface area contributed by atoms with Crippen LogP contribution in [0.4, 0.5) is 0 Å². The van der Waals surface area contributed by atoms with Crippen molar-refractivity contribution < 1.29 is 14.3 Å². The molecule has 0 aliphatic carbocycles. The molecule has 0 bridgehead atoms. The number of methoxy groups -OCH3 is 1. The summed E-state index contributed by atoms with van der Waals surface area (Å²) in [6.45, 7) is 5.17. The quantitative estimate of drug-likeness (QED) is 0.821. The van der Waals surface area contributed by atoms with Gasteiger partial charge in [-0.05, 0) is 43.0 Å². The number of benzene rings is 1. The summed E-state index contributed by atoms with van der Waals surface area (Å²) in [5.41, 5.74) is 3.05. The van der Waals surface area contributed by atoms with E-state index in [1.54, 1.807) is 13.3 Å². The number of fused-ring (bicyclic) bond motifs is 1. The summed E-state index contributed by atoms with van der Waals surface area (Å²) < 4.78 is 12.7. The van der Waals surface area contributed by atoms with Crippen LogP contribution in [0.5, 0.6) is 5.75 Å². The minimum Gasteiger partial charge on any atom is -0.497 e. The van der Waals surface area contributed by atoms with E-state index in [0.717, 1.165) is 49.5 Å². The molecule has 1 amide bonds. The van der Waals surface area contributed by atoms with E-state index in [9.17, 15) is 4.79 Å². The molecule has 1 aromatic carbocycles. The van der Waals surface area contributed by atoms with E-state index in [4.69, 9.17) is 9.47 Å². The molecule has 2 aliphatic heterocycles.